The maximum Gasteiger partial charge on any atom is 0.284 e. The number of hydrogen-bond donors (Lipinski definition) is 1. The summed E-state index contributed by atoms with van der Waals surface area (Å²) in [5.41, 5.74) is 0. The fourth-order valence-electron chi connectivity index (χ4n) is 2.09. The maximum absolute atomic E-state index is 12.3. The average molecular weight is 282 g/mol. The third kappa shape index (κ3) is 3.65. The van der Waals surface area contributed by atoms with Crippen LogP contribution in [0, 0.1) is 5.92 Å². The van der Waals surface area contributed by atoms with E-state index in [1.54, 1.807) is 0 Å². The quantitative estimate of drug-likeness (QED) is 0.835. The van der Waals surface area contributed by atoms with Crippen LogP contribution in [0.4, 0.5) is 5.13 Å². The highest BCUT2D eigenvalue weighted by molar-refractivity contribution is 7.17. The Morgan fingerprint density at radius 3 is 2.79 bits per heavy atom. The van der Waals surface area contributed by atoms with E-state index in [1.165, 1.54) is 30.6 Å². The van der Waals surface area contributed by atoms with Crippen molar-refractivity contribution in [3.05, 3.63) is 5.01 Å². The molecule has 1 heterocycles. The van der Waals surface area contributed by atoms with Gasteiger partial charge in [0.05, 0.1) is 0 Å². The summed E-state index contributed by atoms with van der Waals surface area (Å²) in [6.45, 7) is 6.59. The van der Waals surface area contributed by atoms with E-state index in [9.17, 15) is 4.79 Å². The summed E-state index contributed by atoms with van der Waals surface area (Å²) in [6, 6.07) is 0. The second-order valence-corrected chi connectivity index (χ2v) is 5.96. The molecule has 0 aliphatic heterocycles. The highest BCUT2D eigenvalue weighted by Crippen LogP contribution is 2.28. The van der Waals surface area contributed by atoms with E-state index in [0.717, 1.165) is 31.2 Å². The number of rotatable bonds is 7. The molecule has 2 rings (SSSR count). The average Bonchev–Trinajstić information content (AvgIpc) is 2.83. The Bertz CT molecular complexity index is 417. The molecule has 19 heavy (non-hydrogen) atoms. The summed E-state index contributed by atoms with van der Waals surface area (Å²) in [5.74, 6) is 0.714. The Kier molecular flexibility index (Phi) is 5.13. The van der Waals surface area contributed by atoms with E-state index in [0.29, 0.717) is 10.9 Å². The first-order valence-electron chi connectivity index (χ1n) is 7.11. The molecule has 6 heteroatoms. The van der Waals surface area contributed by atoms with Gasteiger partial charge < -0.3 is 10.2 Å². The lowest BCUT2D eigenvalue weighted by Gasteiger charge is -2.31. The molecule has 1 saturated carbocycles. The molecule has 1 aromatic rings. The summed E-state index contributed by atoms with van der Waals surface area (Å²) in [4.78, 5) is 14.2. The van der Waals surface area contributed by atoms with Crippen LogP contribution in [0.25, 0.3) is 0 Å². The zero-order chi connectivity index (χ0) is 13.7. The van der Waals surface area contributed by atoms with Crippen molar-refractivity contribution in [2.75, 3.05) is 25.0 Å². The van der Waals surface area contributed by atoms with Gasteiger partial charge in [-0.1, -0.05) is 24.7 Å². The van der Waals surface area contributed by atoms with Crippen molar-refractivity contribution in [2.24, 2.45) is 5.92 Å². The second-order valence-electron chi connectivity index (χ2n) is 4.98. The molecule has 1 aliphatic carbocycles. The minimum atomic E-state index is 0.0245. The van der Waals surface area contributed by atoms with Crippen molar-refractivity contribution in [2.45, 2.75) is 39.5 Å². The number of anilines is 1. The molecular weight excluding hydrogens is 260 g/mol. The third-order valence-corrected chi connectivity index (χ3v) is 4.38. The summed E-state index contributed by atoms with van der Waals surface area (Å²) in [7, 11) is 0. The molecule has 0 bridgehead atoms. The minimum Gasteiger partial charge on any atom is -0.360 e. The molecule has 106 valence electrons. The van der Waals surface area contributed by atoms with Gasteiger partial charge in [0.15, 0.2) is 0 Å². The van der Waals surface area contributed by atoms with E-state index in [4.69, 9.17) is 0 Å². The highest BCUT2D eigenvalue weighted by Gasteiger charge is 2.25. The van der Waals surface area contributed by atoms with Gasteiger partial charge in [0.2, 0.25) is 10.1 Å². The first-order chi connectivity index (χ1) is 9.24. The lowest BCUT2D eigenvalue weighted by Crippen LogP contribution is -2.37. The van der Waals surface area contributed by atoms with Crippen LogP contribution >= 0.6 is 11.3 Å². The zero-order valence-corrected chi connectivity index (χ0v) is 12.5. The first-order valence-corrected chi connectivity index (χ1v) is 7.92. The lowest BCUT2D eigenvalue weighted by molar-refractivity contribution is 0.0705. The minimum absolute atomic E-state index is 0.0245. The number of nitrogens with zero attached hydrogens (tertiary/aromatic N) is 3. The second kappa shape index (κ2) is 6.84. The van der Waals surface area contributed by atoms with Gasteiger partial charge in [0, 0.05) is 19.6 Å². The van der Waals surface area contributed by atoms with Gasteiger partial charge in [0.25, 0.3) is 5.91 Å². The summed E-state index contributed by atoms with van der Waals surface area (Å²) >= 11 is 1.35. The van der Waals surface area contributed by atoms with Crippen LogP contribution in [0.2, 0.25) is 0 Å². The van der Waals surface area contributed by atoms with E-state index in [1.807, 2.05) is 11.8 Å². The molecule has 0 spiro atoms. The number of nitrogens with one attached hydrogen (secondary N) is 1. The first kappa shape index (κ1) is 14.2. The SMILES string of the molecule is CCCNc1nnc(C(=O)N(CC)CC2CCC2)s1. The Hall–Kier alpha value is -1.17. The molecule has 0 atom stereocenters. The Balaban J connectivity index is 1.93. The smallest absolute Gasteiger partial charge is 0.284 e. The van der Waals surface area contributed by atoms with Gasteiger partial charge >= 0.3 is 0 Å². The van der Waals surface area contributed by atoms with Gasteiger partial charge in [-0.2, -0.15) is 0 Å². The number of carbonyl (C=O) groups excluding carboxylic acids is 1. The molecule has 0 saturated heterocycles. The molecule has 1 fully saturated rings. The van der Waals surface area contributed by atoms with Gasteiger partial charge in [-0.3, -0.25) is 4.79 Å². The molecule has 0 aromatic carbocycles. The largest absolute Gasteiger partial charge is 0.360 e. The molecule has 1 N–H and O–H groups in total. The van der Waals surface area contributed by atoms with Crippen LogP contribution in [-0.2, 0) is 0 Å². The summed E-state index contributed by atoms with van der Waals surface area (Å²) < 4.78 is 0. The van der Waals surface area contributed by atoms with Gasteiger partial charge in [0.1, 0.15) is 0 Å². The number of aromatic nitrogens is 2. The third-order valence-electron chi connectivity index (χ3n) is 3.51. The van der Waals surface area contributed by atoms with Crippen molar-refractivity contribution in [3.8, 4) is 0 Å². The van der Waals surface area contributed by atoms with Gasteiger partial charge in [-0.05, 0) is 32.1 Å². The standard InChI is InChI=1S/C13H22N4OS/c1-3-8-14-13-16-15-11(19-13)12(18)17(4-2)9-10-6-5-7-10/h10H,3-9H2,1-2H3,(H,14,16). The van der Waals surface area contributed by atoms with Crippen LogP contribution in [0.15, 0.2) is 0 Å². The highest BCUT2D eigenvalue weighted by atomic mass is 32.1. The number of carbonyl (C=O) groups is 1. The lowest BCUT2D eigenvalue weighted by atomic mass is 9.85. The van der Waals surface area contributed by atoms with Crippen molar-refractivity contribution in [3.63, 3.8) is 0 Å². The fourth-order valence-corrected chi connectivity index (χ4v) is 2.83. The molecule has 0 unspecified atom stereocenters. The summed E-state index contributed by atoms with van der Waals surface area (Å²) in [5, 5.41) is 12.4. The number of amides is 1. The molecule has 1 aliphatic rings. The fraction of sp³-hybridized carbons (Fsp3) is 0.769. The van der Waals surface area contributed by atoms with Gasteiger partial charge in [-0.25, -0.2) is 0 Å². The molecule has 5 nitrogen and oxygen atoms in total. The van der Waals surface area contributed by atoms with Crippen LogP contribution in [-0.4, -0.2) is 40.6 Å². The van der Waals surface area contributed by atoms with Crippen molar-refractivity contribution in [1.82, 2.24) is 15.1 Å². The summed E-state index contributed by atoms with van der Waals surface area (Å²) in [6.07, 6.45) is 4.85. The normalized spacial score (nSPS) is 15.1. The Morgan fingerprint density at radius 2 is 2.21 bits per heavy atom. The van der Waals surface area contributed by atoms with E-state index in [2.05, 4.69) is 22.4 Å². The monoisotopic (exact) mass is 282 g/mol. The molecule has 1 amide bonds. The van der Waals surface area contributed by atoms with Crippen molar-refractivity contribution in [1.29, 1.82) is 0 Å². The molecule has 1 aromatic heterocycles. The van der Waals surface area contributed by atoms with Crippen LogP contribution in [0.3, 0.4) is 0 Å². The van der Waals surface area contributed by atoms with E-state index < -0.39 is 0 Å². The van der Waals surface area contributed by atoms with E-state index >= 15 is 0 Å². The van der Waals surface area contributed by atoms with Crippen LogP contribution in [0.5, 0.6) is 0 Å². The van der Waals surface area contributed by atoms with Crippen molar-refractivity contribution < 1.29 is 4.79 Å². The number of hydrogen-bond acceptors (Lipinski definition) is 5. The van der Waals surface area contributed by atoms with Crippen LogP contribution in [0.1, 0.15) is 49.3 Å². The zero-order valence-electron chi connectivity index (χ0n) is 11.7. The van der Waals surface area contributed by atoms with Gasteiger partial charge in [-0.15, -0.1) is 10.2 Å². The van der Waals surface area contributed by atoms with Crippen molar-refractivity contribution >= 4 is 22.4 Å². The molecular formula is C13H22N4OS. The maximum atomic E-state index is 12.3. The topological polar surface area (TPSA) is 58.1 Å². The van der Waals surface area contributed by atoms with E-state index in [-0.39, 0.29) is 5.91 Å². The van der Waals surface area contributed by atoms with Crippen LogP contribution < -0.4 is 5.32 Å². The Morgan fingerprint density at radius 1 is 1.42 bits per heavy atom. The predicted octanol–water partition coefficient (Wildman–Crippen LogP) is 2.62. The Labute approximate surface area is 118 Å². The predicted molar refractivity (Wildman–Crippen MR) is 77.6 cm³/mol. The molecule has 0 radical (unpaired) electrons.